The largest absolute Gasteiger partial charge is 0.180 e. The van der Waals surface area contributed by atoms with E-state index in [1.165, 1.54) is 37.9 Å². The SMILES string of the molecule is Cc1[c-]ccc2c1ccc1c3ccccc3ccc21.[Ir]. The molecule has 99 valence electrons. The minimum Gasteiger partial charge on any atom is -0.180 e. The van der Waals surface area contributed by atoms with Crippen molar-refractivity contribution in [2.24, 2.45) is 0 Å². The Morgan fingerprint density at radius 1 is 0.650 bits per heavy atom. The van der Waals surface area contributed by atoms with Gasteiger partial charge in [0.25, 0.3) is 0 Å². The van der Waals surface area contributed by atoms with Crippen molar-refractivity contribution in [1.82, 2.24) is 0 Å². The molecule has 0 fully saturated rings. The van der Waals surface area contributed by atoms with E-state index in [9.17, 15) is 0 Å². The van der Waals surface area contributed by atoms with Crippen LogP contribution in [0.3, 0.4) is 0 Å². The second kappa shape index (κ2) is 5.01. The van der Waals surface area contributed by atoms with Crippen molar-refractivity contribution >= 4 is 32.3 Å². The number of rotatable bonds is 0. The molecule has 1 radical (unpaired) electrons. The van der Waals surface area contributed by atoms with Gasteiger partial charge in [-0.1, -0.05) is 49.4 Å². The topological polar surface area (TPSA) is 0 Å². The summed E-state index contributed by atoms with van der Waals surface area (Å²) in [5, 5.41) is 7.90. The number of hydrogen-bond donors (Lipinski definition) is 0. The molecule has 0 saturated carbocycles. The first-order chi connectivity index (χ1) is 9.34. The van der Waals surface area contributed by atoms with Crippen molar-refractivity contribution in [3.8, 4) is 0 Å². The van der Waals surface area contributed by atoms with Gasteiger partial charge in [-0.3, -0.25) is 0 Å². The number of aryl methyl sites for hydroxylation is 1. The molecule has 0 aromatic heterocycles. The minimum atomic E-state index is 0. The maximum absolute atomic E-state index is 3.28. The summed E-state index contributed by atoms with van der Waals surface area (Å²) in [4.78, 5) is 0. The molecular formula is C19H13Ir-. The van der Waals surface area contributed by atoms with Gasteiger partial charge in [0.05, 0.1) is 0 Å². The number of hydrogen-bond acceptors (Lipinski definition) is 0. The van der Waals surface area contributed by atoms with Crippen LogP contribution in [0.4, 0.5) is 0 Å². The van der Waals surface area contributed by atoms with Gasteiger partial charge in [-0.25, -0.2) is 0 Å². The van der Waals surface area contributed by atoms with Crippen LogP contribution < -0.4 is 0 Å². The third-order valence-electron chi connectivity index (χ3n) is 3.92. The third kappa shape index (κ3) is 1.86. The summed E-state index contributed by atoms with van der Waals surface area (Å²) in [5.74, 6) is 0. The number of benzene rings is 4. The van der Waals surface area contributed by atoms with E-state index in [4.69, 9.17) is 0 Å². The Balaban J connectivity index is 0.00000121. The van der Waals surface area contributed by atoms with E-state index in [0.29, 0.717) is 0 Å². The molecule has 0 nitrogen and oxygen atoms in total. The minimum absolute atomic E-state index is 0. The van der Waals surface area contributed by atoms with E-state index in [2.05, 4.69) is 67.6 Å². The Morgan fingerprint density at radius 3 is 2.20 bits per heavy atom. The van der Waals surface area contributed by atoms with E-state index in [1.54, 1.807) is 0 Å². The maximum Gasteiger partial charge on any atom is 0 e. The molecule has 0 amide bonds. The predicted octanol–water partition coefficient (Wildman–Crippen LogP) is 5.25. The van der Waals surface area contributed by atoms with Gasteiger partial charge in [-0.15, -0.1) is 16.8 Å². The normalized spacial score (nSPS) is 10.8. The van der Waals surface area contributed by atoms with Gasteiger partial charge in [0.2, 0.25) is 0 Å². The van der Waals surface area contributed by atoms with Crippen LogP contribution in [-0.4, -0.2) is 0 Å². The molecule has 4 aromatic carbocycles. The summed E-state index contributed by atoms with van der Waals surface area (Å²) in [6.45, 7) is 2.12. The second-order valence-corrected chi connectivity index (χ2v) is 5.01. The first-order valence-corrected chi connectivity index (χ1v) is 6.56. The quantitative estimate of drug-likeness (QED) is 0.262. The van der Waals surface area contributed by atoms with Gasteiger partial charge in [0.15, 0.2) is 0 Å². The molecule has 0 spiro atoms. The fourth-order valence-electron chi connectivity index (χ4n) is 2.95. The van der Waals surface area contributed by atoms with Gasteiger partial charge in [0, 0.05) is 20.1 Å². The third-order valence-corrected chi connectivity index (χ3v) is 3.92. The Labute approximate surface area is 131 Å². The molecule has 0 atom stereocenters. The van der Waals surface area contributed by atoms with Crippen LogP contribution in [-0.2, 0) is 20.1 Å². The average Bonchev–Trinajstić information content (AvgIpc) is 2.47. The molecule has 0 unspecified atom stereocenters. The van der Waals surface area contributed by atoms with Gasteiger partial charge >= 0.3 is 0 Å². The van der Waals surface area contributed by atoms with Gasteiger partial charge in [0.1, 0.15) is 0 Å². The maximum atomic E-state index is 3.28. The first kappa shape index (κ1) is 13.3. The van der Waals surface area contributed by atoms with Crippen molar-refractivity contribution in [1.29, 1.82) is 0 Å². The van der Waals surface area contributed by atoms with Gasteiger partial charge in [-0.2, -0.15) is 23.8 Å². The Morgan fingerprint density at radius 2 is 1.30 bits per heavy atom. The second-order valence-electron chi connectivity index (χ2n) is 5.01. The fourth-order valence-corrected chi connectivity index (χ4v) is 2.95. The molecular weight excluding hydrogens is 420 g/mol. The summed E-state index contributed by atoms with van der Waals surface area (Å²) in [6, 6.07) is 24.9. The summed E-state index contributed by atoms with van der Waals surface area (Å²) in [5.41, 5.74) is 1.22. The summed E-state index contributed by atoms with van der Waals surface area (Å²) >= 11 is 0. The van der Waals surface area contributed by atoms with Crippen molar-refractivity contribution in [2.45, 2.75) is 6.92 Å². The van der Waals surface area contributed by atoms with E-state index in [0.717, 1.165) is 0 Å². The molecule has 1 heteroatoms. The predicted molar refractivity (Wildman–Crippen MR) is 82.5 cm³/mol. The molecule has 0 aliphatic heterocycles. The molecule has 4 rings (SSSR count). The monoisotopic (exact) mass is 434 g/mol. The first-order valence-electron chi connectivity index (χ1n) is 6.56. The summed E-state index contributed by atoms with van der Waals surface area (Å²) in [6.07, 6.45) is 0. The zero-order chi connectivity index (χ0) is 12.8. The summed E-state index contributed by atoms with van der Waals surface area (Å²) < 4.78 is 0. The van der Waals surface area contributed by atoms with Crippen LogP contribution in [0.25, 0.3) is 32.3 Å². The van der Waals surface area contributed by atoms with E-state index in [-0.39, 0.29) is 20.1 Å². The van der Waals surface area contributed by atoms with Crippen LogP contribution in [0.1, 0.15) is 5.56 Å². The van der Waals surface area contributed by atoms with Crippen molar-refractivity contribution in [2.75, 3.05) is 0 Å². The standard InChI is InChI=1S/C19H13.Ir/c1-13-5-4-8-17-15(13)11-12-18-16-7-3-2-6-14(16)9-10-19(17)18;/h2-4,6-12H,1H3;/q-1;. The zero-order valence-electron chi connectivity index (χ0n) is 11.1. The molecule has 0 saturated heterocycles. The van der Waals surface area contributed by atoms with Crippen LogP contribution in [0.5, 0.6) is 0 Å². The van der Waals surface area contributed by atoms with Crippen LogP contribution in [0, 0.1) is 13.0 Å². The van der Waals surface area contributed by atoms with Gasteiger partial charge in [-0.05, 0) is 21.5 Å². The smallest absolute Gasteiger partial charge is 0 e. The van der Waals surface area contributed by atoms with Crippen LogP contribution >= 0.6 is 0 Å². The number of fused-ring (bicyclic) bond motifs is 5. The van der Waals surface area contributed by atoms with Crippen molar-refractivity contribution in [3.63, 3.8) is 0 Å². The van der Waals surface area contributed by atoms with Gasteiger partial charge < -0.3 is 0 Å². The fraction of sp³-hybridized carbons (Fsp3) is 0.0526. The average molecular weight is 434 g/mol. The van der Waals surface area contributed by atoms with E-state index >= 15 is 0 Å². The molecule has 0 aliphatic carbocycles. The Kier molecular flexibility index (Phi) is 3.33. The molecule has 0 aliphatic rings. The van der Waals surface area contributed by atoms with E-state index in [1.807, 2.05) is 6.07 Å². The summed E-state index contributed by atoms with van der Waals surface area (Å²) in [7, 11) is 0. The van der Waals surface area contributed by atoms with Crippen LogP contribution in [0.15, 0.2) is 60.7 Å². The Bertz CT molecular complexity index is 922. The molecule has 20 heavy (non-hydrogen) atoms. The molecule has 0 N–H and O–H groups in total. The molecule has 4 aromatic rings. The van der Waals surface area contributed by atoms with Crippen LogP contribution in [0.2, 0.25) is 0 Å². The van der Waals surface area contributed by atoms with Crippen molar-refractivity contribution < 1.29 is 20.1 Å². The zero-order valence-corrected chi connectivity index (χ0v) is 13.5. The van der Waals surface area contributed by atoms with Crippen molar-refractivity contribution in [3.05, 3.63) is 72.3 Å². The van der Waals surface area contributed by atoms with E-state index < -0.39 is 0 Å². The Hall–Kier alpha value is -1.69. The molecule has 0 bridgehead atoms. The molecule has 0 heterocycles.